The van der Waals surface area contributed by atoms with Crippen molar-refractivity contribution in [1.29, 1.82) is 0 Å². The highest BCUT2D eigenvalue weighted by molar-refractivity contribution is 5.47. The van der Waals surface area contributed by atoms with Crippen molar-refractivity contribution in [1.82, 2.24) is 0 Å². The SMILES string of the molecule is C=CC12C3[C@@H]4C5CC([C@H]41)[C@H]2[C@@H]53. The zero-order valence-electron chi connectivity index (χ0n) is 6.53. The van der Waals surface area contributed by atoms with Crippen molar-refractivity contribution >= 4 is 0 Å². The van der Waals surface area contributed by atoms with Gasteiger partial charge in [0.2, 0.25) is 0 Å². The molecule has 4 unspecified atom stereocenters. The van der Waals surface area contributed by atoms with E-state index in [1.165, 1.54) is 29.6 Å². The van der Waals surface area contributed by atoms with Crippen LogP contribution >= 0.6 is 0 Å². The topological polar surface area (TPSA) is 0 Å². The maximum atomic E-state index is 4.04. The molecule has 6 saturated carbocycles. The van der Waals surface area contributed by atoms with Gasteiger partial charge in [-0.25, -0.2) is 0 Å². The Morgan fingerprint density at radius 3 is 2.36 bits per heavy atom. The van der Waals surface area contributed by atoms with Crippen LogP contribution in [0.5, 0.6) is 0 Å². The van der Waals surface area contributed by atoms with Gasteiger partial charge < -0.3 is 0 Å². The predicted octanol–water partition coefficient (Wildman–Crippen LogP) is 1.93. The second-order valence-corrected chi connectivity index (χ2v) is 5.50. The smallest absolute Gasteiger partial charge is 0.00193 e. The number of rotatable bonds is 1. The van der Waals surface area contributed by atoms with E-state index in [4.69, 9.17) is 0 Å². The molecule has 0 saturated heterocycles. The van der Waals surface area contributed by atoms with Crippen LogP contribution in [0.3, 0.4) is 0 Å². The summed E-state index contributed by atoms with van der Waals surface area (Å²) in [4.78, 5) is 0. The van der Waals surface area contributed by atoms with E-state index < -0.39 is 0 Å². The predicted molar refractivity (Wildman–Crippen MR) is 41.7 cm³/mol. The Balaban J connectivity index is 1.84. The minimum atomic E-state index is 0.757. The Labute approximate surface area is 66.7 Å². The summed E-state index contributed by atoms with van der Waals surface area (Å²) >= 11 is 0. The van der Waals surface area contributed by atoms with Crippen molar-refractivity contribution in [3.8, 4) is 0 Å². The molecule has 0 aliphatic heterocycles. The van der Waals surface area contributed by atoms with Crippen molar-refractivity contribution in [3.05, 3.63) is 12.7 Å². The first kappa shape index (κ1) is 4.69. The second kappa shape index (κ2) is 0.901. The lowest BCUT2D eigenvalue weighted by Gasteiger charge is -2.90. The fourth-order valence-corrected chi connectivity index (χ4v) is 6.39. The van der Waals surface area contributed by atoms with Crippen molar-refractivity contribution < 1.29 is 0 Å². The fourth-order valence-electron chi connectivity index (χ4n) is 6.39. The van der Waals surface area contributed by atoms with Gasteiger partial charge in [-0.15, -0.1) is 6.58 Å². The van der Waals surface area contributed by atoms with Gasteiger partial charge in [0, 0.05) is 0 Å². The van der Waals surface area contributed by atoms with Gasteiger partial charge in [0.05, 0.1) is 0 Å². The Bertz CT molecular complexity index is 279. The number of allylic oxidation sites excluding steroid dienone is 1. The first-order chi connectivity index (χ1) is 5.41. The summed E-state index contributed by atoms with van der Waals surface area (Å²) in [5.41, 5.74) is 0.757. The lowest BCUT2D eigenvalue weighted by molar-refractivity contribution is -0.425. The van der Waals surface area contributed by atoms with E-state index in [1.54, 1.807) is 6.42 Å². The summed E-state index contributed by atoms with van der Waals surface area (Å²) in [5.74, 6) is 8.33. The van der Waals surface area contributed by atoms with Crippen molar-refractivity contribution in [2.75, 3.05) is 0 Å². The monoisotopic (exact) mass is 144 g/mol. The summed E-state index contributed by atoms with van der Waals surface area (Å²) in [6, 6.07) is 0. The molecule has 6 aliphatic rings. The molecular weight excluding hydrogens is 132 g/mol. The molecule has 0 N–H and O–H groups in total. The molecule has 6 rings (SSSR count). The third kappa shape index (κ3) is 0.181. The third-order valence-corrected chi connectivity index (χ3v) is 6.20. The quantitative estimate of drug-likeness (QED) is 0.493. The van der Waals surface area contributed by atoms with E-state index in [2.05, 4.69) is 12.7 Å². The normalized spacial score (nSPS) is 89.3. The van der Waals surface area contributed by atoms with Gasteiger partial charge in [-0.3, -0.25) is 0 Å². The zero-order valence-corrected chi connectivity index (χ0v) is 6.53. The minimum absolute atomic E-state index is 0.757. The average Bonchev–Trinajstić information content (AvgIpc) is 2.27. The lowest BCUT2D eigenvalue weighted by Crippen LogP contribution is -2.88. The van der Waals surface area contributed by atoms with E-state index in [0.29, 0.717) is 0 Å². The maximum Gasteiger partial charge on any atom is -0.00193 e. The Hall–Kier alpha value is -0.260. The molecule has 0 heterocycles. The van der Waals surface area contributed by atoms with Gasteiger partial charge in [0.25, 0.3) is 0 Å². The van der Waals surface area contributed by atoms with Crippen LogP contribution in [0.2, 0.25) is 0 Å². The zero-order chi connectivity index (χ0) is 6.96. The molecule has 6 fully saturated rings. The van der Waals surface area contributed by atoms with Crippen LogP contribution in [0.1, 0.15) is 6.42 Å². The maximum absolute atomic E-state index is 4.04. The van der Waals surface area contributed by atoms with E-state index in [0.717, 1.165) is 17.3 Å². The van der Waals surface area contributed by atoms with Gasteiger partial charge in [0.1, 0.15) is 0 Å². The van der Waals surface area contributed by atoms with Gasteiger partial charge >= 0.3 is 0 Å². The van der Waals surface area contributed by atoms with Crippen molar-refractivity contribution in [2.45, 2.75) is 6.42 Å². The summed E-state index contributed by atoms with van der Waals surface area (Å²) in [5, 5.41) is 0. The van der Waals surface area contributed by atoms with Gasteiger partial charge in [-0.2, -0.15) is 0 Å². The molecule has 8 atom stereocenters. The van der Waals surface area contributed by atoms with E-state index >= 15 is 0 Å². The van der Waals surface area contributed by atoms with Crippen LogP contribution in [0.4, 0.5) is 0 Å². The van der Waals surface area contributed by atoms with E-state index in [-0.39, 0.29) is 0 Å². The van der Waals surface area contributed by atoms with Gasteiger partial charge in [-0.1, -0.05) is 6.08 Å². The molecular formula is C11H12. The van der Waals surface area contributed by atoms with Crippen molar-refractivity contribution in [2.24, 2.45) is 46.8 Å². The molecule has 56 valence electrons. The fraction of sp³-hybridized carbons (Fsp3) is 0.818. The summed E-state index contributed by atoms with van der Waals surface area (Å²) in [7, 11) is 0. The molecule has 0 heteroatoms. The molecule has 11 heavy (non-hydrogen) atoms. The van der Waals surface area contributed by atoms with Crippen LogP contribution in [-0.4, -0.2) is 0 Å². The molecule has 0 amide bonds. The van der Waals surface area contributed by atoms with E-state index in [1.807, 2.05) is 0 Å². The van der Waals surface area contributed by atoms with Gasteiger partial charge in [0.15, 0.2) is 0 Å². The highest BCUT2D eigenvalue weighted by Crippen LogP contribution is 3.00. The molecule has 0 aromatic heterocycles. The molecule has 2 bridgehead atoms. The Kier molecular flexibility index (Phi) is 0.384. The summed E-state index contributed by atoms with van der Waals surface area (Å²) in [6.07, 6.45) is 3.95. The highest BCUT2D eigenvalue weighted by atomic mass is 15.0. The van der Waals surface area contributed by atoms with Crippen LogP contribution in [-0.2, 0) is 0 Å². The van der Waals surface area contributed by atoms with Gasteiger partial charge in [-0.05, 0) is 53.3 Å². The standard InChI is InChI=1S/C11H12/c1-2-11-8-5-3-4-6(8)10(11)7(4)9(5)11/h2,4-10H,1,3H2/t4?,5?,6-,7-,8-,9+,10?,11?/m1/s1. The minimum Gasteiger partial charge on any atom is -0.102 e. The largest absolute Gasteiger partial charge is 0.102 e. The van der Waals surface area contributed by atoms with Crippen LogP contribution in [0.15, 0.2) is 12.7 Å². The molecule has 0 aromatic rings. The van der Waals surface area contributed by atoms with E-state index in [9.17, 15) is 0 Å². The second-order valence-electron chi connectivity index (χ2n) is 5.50. The van der Waals surface area contributed by atoms with Crippen LogP contribution < -0.4 is 0 Å². The Morgan fingerprint density at radius 2 is 1.82 bits per heavy atom. The molecule has 0 radical (unpaired) electrons. The summed E-state index contributed by atoms with van der Waals surface area (Å²) in [6.45, 7) is 4.04. The molecule has 6 aliphatic carbocycles. The first-order valence-corrected chi connectivity index (χ1v) is 5.05. The van der Waals surface area contributed by atoms with Crippen LogP contribution in [0, 0.1) is 46.8 Å². The molecule has 0 nitrogen and oxygen atoms in total. The third-order valence-electron chi connectivity index (χ3n) is 6.20. The lowest BCUT2D eigenvalue weighted by atomic mass is 9.13. The molecule has 0 aromatic carbocycles. The average molecular weight is 144 g/mol. The van der Waals surface area contributed by atoms with Crippen LogP contribution in [0.25, 0.3) is 0 Å². The number of hydrogen-bond donors (Lipinski definition) is 0. The number of hydrogen-bond acceptors (Lipinski definition) is 0. The Morgan fingerprint density at radius 1 is 1.09 bits per heavy atom. The molecule has 0 spiro atoms. The summed E-state index contributed by atoms with van der Waals surface area (Å²) < 4.78 is 0. The first-order valence-electron chi connectivity index (χ1n) is 5.05. The van der Waals surface area contributed by atoms with Crippen molar-refractivity contribution in [3.63, 3.8) is 0 Å². The highest BCUT2D eigenvalue weighted by Gasteiger charge is 2.96.